The largest absolute Gasteiger partial charge is 0.382 e. The van der Waals surface area contributed by atoms with Gasteiger partial charge in [0, 0.05) is 32.2 Å². The third kappa shape index (κ3) is 6.33. The van der Waals surface area contributed by atoms with Crippen LogP contribution in [0.4, 0.5) is 0 Å². The van der Waals surface area contributed by atoms with E-state index in [0.717, 1.165) is 38.6 Å². The van der Waals surface area contributed by atoms with E-state index in [1.165, 1.54) is 24.0 Å². The number of hydrogen-bond acceptors (Lipinski definition) is 3. The van der Waals surface area contributed by atoms with Crippen LogP contribution >= 0.6 is 0 Å². The van der Waals surface area contributed by atoms with Crippen LogP contribution in [-0.2, 0) is 14.9 Å². The summed E-state index contributed by atoms with van der Waals surface area (Å²) >= 11 is 0. The summed E-state index contributed by atoms with van der Waals surface area (Å²) in [6.45, 7) is 8.91. The van der Waals surface area contributed by atoms with Gasteiger partial charge in [-0.1, -0.05) is 24.3 Å². The Labute approximate surface area is 152 Å². The predicted octanol–water partition coefficient (Wildman–Crippen LogP) is 2.63. The molecule has 0 aromatic heterocycles. The second-order valence-electron chi connectivity index (χ2n) is 6.68. The summed E-state index contributed by atoms with van der Waals surface area (Å²) in [5, 5.41) is 6.74. The lowest BCUT2D eigenvalue weighted by Gasteiger charge is -2.18. The Kier molecular flexibility index (Phi) is 8.22. The van der Waals surface area contributed by atoms with Crippen LogP contribution < -0.4 is 10.6 Å². The summed E-state index contributed by atoms with van der Waals surface area (Å²) in [7, 11) is 1.69. The van der Waals surface area contributed by atoms with Crippen molar-refractivity contribution < 1.29 is 9.47 Å². The van der Waals surface area contributed by atoms with Crippen LogP contribution in [0.3, 0.4) is 0 Å². The van der Waals surface area contributed by atoms with Gasteiger partial charge in [0.15, 0.2) is 5.96 Å². The standard InChI is InChI=1S/C20H33N3O2/c1-4-21-19(22-12-7-13-25-15-14-24-3)23-16-20(10-11-20)18-9-6-5-8-17(18)2/h5-6,8-9H,4,7,10-16H2,1-3H3,(H2,21,22,23). The molecule has 0 radical (unpaired) electrons. The number of methoxy groups -OCH3 is 1. The van der Waals surface area contributed by atoms with Crippen molar-refractivity contribution in [3.05, 3.63) is 35.4 Å². The molecule has 25 heavy (non-hydrogen) atoms. The first-order valence-corrected chi connectivity index (χ1v) is 9.37. The van der Waals surface area contributed by atoms with Crippen LogP contribution in [0.5, 0.6) is 0 Å². The lowest BCUT2D eigenvalue weighted by molar-refractivity contribution is 0.0698. The van der Waals surface area contributed by atoms with E-state index in [1.807, 2.05) is 0 Å². The van der Waals surface area contributed by atoms with Crippen molar-refractivity contribution in [2.24, 2.45) is 4.99 Å². The minimum atomic E-state index is 0.247. The molecule has 1 fully saturated rings. The first kappa shape index (κ1) is 19.7. The van der Waals surface area contributed by atoms with Gasteiger partial charge in [-0.25, -0.2) is 0 Å². The van der Waals surface area contributed by atoms with Gasteiger partial charge in [-0.3, -0.25) is 4.99 Å². The van der Waals surface area contributed by atoms with Crippen LogP contribution in [0.15, 0.2) is 29.3 Å². The zero-order valence-electron chi connectivity index (χ0n) is 15.9. The van der Waals surface area contributed by atoms with E-state index in [-0.39, 0.29) is 5.41 Å². The van der Waals surface area contributed by atoms with Gasteiger partial charge in [0.25, 0.3) is 0 Å². The minimum absolute atomic E-state index is 0.247. The van der Waals surface area contributed by atoms with Gasteiger partial charge < -0.3 is 20.1 Å². The van der Waals surface area contributed by atoms with Gasteiger partial charge >= 0.3 is 0 Å². The first-order valence-electron chi connectivity index (χ1n) is 9.37. The molecule has 1 aromatic carbocycles. The fourth-order valence-corrected chi connectivity index (χ4v) is 3.03. The van der Waals surface area contributed by atoms with Crippen LogP contribution in [0, 0.1) is 6.92 Å². The topological polar surface area (TPSA) is 54.9 Å². The highest BCUT2D eigenvalue weighted by atomic mass is 16.5. The molecule has 1 saturated carbocycles. The average molecular weight is 348 g/mol. The summed E-state index contributed by atoms with van der Waals surface area (Å²) in [5.41, 5.74) is 3.08. The Morgan fingerprint density at radius 1 is 1.16 bits per heavy atom. The summed E-state index contributed by atoms with van der Waals surface area (Å²) in [6.07, 6.45) is 3.42. The third-order valence-electron chi connectivity index (χ3n) is 4.64. The van der Waals surface area contributed by atoms with E-state index in [2.05, 4.69) is 48.7 Å². The molecular weight excluding hydrogens is 314 g/mol. The molecule has 0 amide bonds. The van der Waals surface area contributed by atoms with E-state index in [1.54, 1.807) is 7.11 Å². The molecule has 5 nitrogen and oxygen atoms in total. The summed E-state index contributed by atoms with van der Waals surface area (Å²) in [4.78, 5) is 4.85. The van der Waals surface area contributed by atoms with E-state index < -0.39 is 0 Å². The van der Waals surface area contributed by atoms with Crippen molar-refractivity contribution >= 4 is 5.96 Å². The molecule has 0 heterocycles. The number of aliphatic imine (C=N–C) groups is 1. The van der Waals surface area contributed by atoms with E-state index >= 15 is 0 Å². The van der Waals surface area contributed by atoms with E-state index in [0.29, 0.717) is 13.2 Å². The number of hydrogen-bond donors (Lipinski definition) is 2. The monoisotopic (exact) mass is 347 g/mol. The SMILES string of the molecule is CCNC(=NCC1(c2ccccc2C)CC1)NCCCOCCOC. The van der Waals surface area contributed by atoms with Gasteiger partial charge in [-0.15, -0.1) is 0 Å². The first-order chi connectivity index (χ1) is 12.2. The van der Waals surface area contributed by atoms with Crippen molar-refractivity contribution in [3.63, 3.8) is 0 Å². The molecule has 0 spiro atoms. The maximum atomic E-state index is 5.49. The highest BCUT2D eigenvalue weighted by molar-refractivity contribution is 5.79. The van der Waals surface area contributed by atoms with Crippen molar-refractivity contribution in [2.75, 3.05) is 46.6 Å². The summed E-state index contributed by atoms with van der Waals surface area (Å²) in [6, 6.07) is 8.71. The van der Waals surface area contributed by atoms with Crippen molar-refractivity contribution in [1.29, 1.82) is 0 Å². The number of nitrogens with zero attached hydrogens (tertiary/aromatic N) is 1. The number of aryl methyl sites for hydroxylation is 1. The highest BCUT2D eigenvalue weighted by Gasteiger charge is 2.44. The normalized spacial score (nSPS) is 15.9. The van der Waals surface area contributed by atoms with Crippen molar-refractivity contribution in [1.82, 2.24) is 10.6 Å². The van der Waals surface area contributed by atoms with Crippen LogP contribution in [0.1, 0.15) is 37.3 Å². The molecule has 1 aromatic rings. The van der Waals surface area contributed by atoms with Gasteiger partial charge in [-0.05, 0) is 44.2 Å². The molecule has 0 atom stereocenters. The average Bonchev–Trinajstić information content (AvgIpc) is 3.40. The van der Waals surface area contributed by atoms with Crippen LogP contribution in [-0.4, -0.2) is 52.5 Å². The fourth-order valence-electron chi connectivity index (χ4n) is 3.03. The molecule has 2 N–H and O–H groups in total. The maximum absolute atomic E-state index is 5.49. The molecule has 1 aliphatic carbocycles. The lowest BCUT2D eigenvalue weighted by Crippen LogP contribution is -2.38. The zero-order chi connectivity index (χ0) is 18.0. The Hall–Kier alpha value is -1.59. The smallest absolute Gasteiger partial charge is 0.191 e. The summed E-state index contributed by atoms with van der Waals surface area (Å²) < 4.78 is 10.4. The number of nitrogens with one attached hydrogen (secondary N) is 2. The Morgan fingerprint density at radius 3 is 2.64 bits per heavy atom. The molecule has 5 heteroatoms. The van der Waals surface area contributed by atoms with Gasteiger partial charge in [-0.2, -0.15) is 0 Å². The second-order valence-corrected chi connectivity index (χ2v) is 6.68. The van der Waals surface area contributed by atoms with Gasteiger partial charge in [0.1, 0.15) is 0 Å². The second kappa shape index (κ2) is 10.4. The fraction of sp³-hybridized carbons (Fsp3) is 0.650. The summed E-state index contributed by atoms with van der Waals surface area (Å²) in [5.74, 6) is 0.902. The third-order valence-corrected chi connectivity index (χ3v) is 4.64. The van der Waals surface area contributed by atoms with Gasteiger partial charge in [0.2, 0.25) is 0 Å². The molecule has 2 rings (SSSR count). The van der Waals surface area contributed by atoms with E-state index in [9.17, 15) is 0 Å². The van der Waals surface area contributed by atoms with Crippen molar-refractivity contribution in [2.45, 2.75) is 38.5 Å². The molecule has 0 bridgehead atoms. The van der Waals surface area contributed by atoms with E-state index in [4.69, 9.17) is 14.5 Å². The molecule has 140 valence electrons. The minimum Gasteiger partial charge on any atom is -0.382 e. The number of benzene rings is 1. The molecular formula is C20H33N3O2. The van der Waals surface area contributed by atoms with Crippen LogP contribution in [0.25, 0.3) is 0 Å². The lowest BCUT2D eigenvalue weighted by atomic mass is 9.92. The molecule has 0 aliphatic heterocycles. The molecule has 0 unspecified atom stereocenters. The maximum Gasteiger partial charge on any atom is 0.191 e. The quantitative estimate of drug-likeness (QED) is 0.367. The number of ether oxygens (including phenoxy) is 2. The molecule has 0 saturated heterocycles. The Balaban J connectivity index is 1.80. The Bertz CT molecular complexity index is 541. The predicted molar refractivity (Wildman–Crippen MR) is 103 cm³/mol. The number of rotatable bonds is 11. The Morgan fingerprint density at radius 2 is 1.96 bits per heavy atom. The molecule has 1 aliphatic rings. The number of guanidine groups is 1. The van der Waals surface area contributed by atoms with Crippen LogP contribution in [0.2, 0.25) is 0 Å². The zero-order valence-corrected chi connectivity index (χ0v) is 15.9. The van der Waals surface area contributed by atoms with Crippen molar-refractivity contribution in [3.8, 4) is 0 Å². The highest BCUT2D eigenvalue weighted by Crippen LogP contribution is 2.49. The van der Waals surface area contributed by atoms with Gasteiger partial charge in [0.05, 0.1) is 19.8 Å².